The Bertz CT molecular complexity index is 607. The van der Waals surface area contributed by atoms with Gasteiger partial charge in [0.15, 0.2) is 0 Å². The molecule has 2 amide bonds. The Morgan fingerprint density at radius 3 is 2.12 bits per heavy atom. The van der Waals surface area contributed by atoms with Gasteiger partial charge in [-0.05, 0) is 64.8 Å². The average Bonchev–Trinajstić information content (AvgIpc) is 2.43. The molecular formula is C18H27N3O3. The van der Waals surface area contributed by atoms with Crippen LogP contribution in [0.1, 0.15) is 40.5 Å². The van der Waals surface area contributed by atoms with Crippen LogP contribution in [0.2, 0.25) is 0 Å². The Labute approximate surface area is 143 Å². The summed E-state index contributed by atoms with van der Waals surface area (Å²) in [6.45, 7) is 8.38. The molecule has 132 valence electrons. The first-order valence-electron chi connectivity index (χ1n) is 8.16. The van der Waals surface area contributed by atoms with Crippen molar-refractivity contribution in [3.8, 4) is 5.75 Å². The Morgan fingerprint density at radius 1 is 1.12 bits per heavy atom. The number of amides is 2. The van der Waals surface area contributed by atoms with E-state index in [1.54, 1.807) is 19.2 Å². The molecule has 1 aliphatic heterocycles. The quantitative estimate of drug-likeness (QED) is 0.721. The molecule has 24 heavy (non-hydrogen) atoms. The van der Waals surface area contributed by atoms with E-state index in [0.29, 0.717) is 5.69 Å². The zero-order chi connectivity index (χ0) is 18.1. The van der Waals surface area contributed by atoms with Gasteiger partial charge in [0.25, 0.3) is 0 Å². The lowest BCUT2D eigenvalue weighted by Crippen LogP contribution is -2.62. The summed E-state index contributed by atoms with van der Waals surface area (Å²) < 4.78 is 0. The first-order valence-corrected chi connectivity index (χ1v) is 8.16. The van der Waals surface area contributed by atoms with Gasteiger partial charge in [-0.3, -0.25) is 9.59 Å². The van der Waals surface area contributed by atoms with E-state index in [2.05, 4.69) is 38.3 Å². The lowest BCUT2D eigenvalue weighted by molar-refractivity contribution is -0.138. The van der Waals surface area contributed by atoms with Crippen LogP contribution in [0.25, 0.3) is 0 Å². The molecule has 0 spiro atoms. The topological polar surface area (TPSA) is 81.7 Å². The van der Waals surface area contributed by atoms with Crippen molar-refractivity contribution in [2.24, 2.45) is 0 Å². The number of phenols is 1. The van der Waals surface area contributed by atoms with E-state index in [0.717, 1.165) is 12.8 Å². The standard InChI is InChI=1S/C18H27N3O3/c1-17(2)10-12(11-18(3,4)20-17)19-15(23)16(24)21(5)13-6-8-14(22)9-7-13/h6-9,12,20,22H,10-11H2,1-5H3,(H,19,23). The van der Waals surface area contributed by atoms with Gasteiger partial charge in [-0.1, -0.05) is 0 Å². The van der Waals surface area contributed by atoms with Gasteiger partial charge in [0.1, 0.15) is 5.75 Å². The predicted molar refractivity (Wildman–Crippen MR) is 94.0 cm³/mol. The van der Waals surface area contributed by atoms with Crippen LogP contribution in [0.3, 0.4) is 0 Å². The molecule has 1 aliphatic rings. The van der Waals surface area contributed by atoms with Crippen LogP contribution in [0.4, 0.5) is 5.69 Å². The molecule has 2 rings (SSSR count). The summed E-state index contributed by atoms with van der Waals surface area (Å²) in [6, 6.07) is 6.10. The highest BCUT2D eigenvalue weighted by molar-refractivity contribution is 6.40. The molecule has 0 radical (unpaired) electrons. The third-order valence-corrected chi connectivity index (χ3v) is 4.26. The Morgan fingerprint density at radius 2 is 1.62 bits per heavy atom. The number of rotatable bonds is 2. The number of piperidine rings is 1. The maximum absolute atomic E-state index is 12.4. The minimum atomic E-state index is -0.616. The lowest BCUT2D eigenvalue weighted by Gasteiger charge is -2.46. The third-order valence-electron chi connectivity index (χ3n) is 4.26. The number of nitrogens with zero attached hydrogens (tertiary/aromatic N) is 1. The van der Waals surface area contributed by atoms with Gasteiger partial charge < -0.3 is 20.6 Å². The van der Waals surface area contributed by atoms with Crippen molar-refractivity contribution < 1.29 is 14.7 Å². The molecule has 1 heterocycles. The second-order valence-electron chi connectivity index (χ2n) is 7.85. The van der Waals surface area contributed by atoms with Crippen molar-refractivity contribution in [3.63, 3.8) is 0 Å². The number of hydrogen-bond donors (Lipinski definition) is 3. The molecule has 6 nitrogen and oxygen atoms in total. The van der Waals surface area contributed by atoms with Crippen LogP contribution in [-0.4, -0.2) is 41.1 Å². The first-order chi connectivity index (χ1) is 11.0. The number of aromatic hydroxyl groups is 1. The molecule has 1 aromatic rings. The Kier molecular flexibility index (Phi) is 4.90. The normalized spacial score (nSPS) is 19.5. The summed E-state index contributed by atoms with van der Waals surface area (Å²) in [5.41, 5.74) is 0.343. The smallest absolute Gasteiger partial charge is 0.316 e. The van der Waals surface area contributed by atoms with Gasteiger partial charge in [-0.15, -0.1) is 0 Å². The van der Waals surface area contributed by atoms with Crippen molar-refractivity contribution in [1.29, 1.82) is 0 Å². The van der Waals surface area contributed by atoms with Gasteiger partial charge in [-0.25, -0.2) is 0 Å². The summed E-state index contributed by atoms with van der Waals surface area (Å²) in [7, 11) is 1.55. The molecule has 1 fully saturated rings. The van der Waals surface area contributed by atoms with E-state index in [1.807, 2.05) is 0 Å². The van der Waals surface area contributed by atoms with E-state index in [-0.39, 0.29) is 22.9 Å². The highest BCUT2D eigenvalue weighted by Gasteiger charge is 2.39. The number of anilines is 1. The van der Waals surface area contributed by atoms with Crippen LogP contribution in [0.5, 0.6) is 5.75 Å². The van der Waals surface area contributed by atoms with Crippen LogP contribution >= 0.6 is 0 Å². The highest BCUT2D eigenvalue weighted by Crippen LogP contribution is 2.28. The summed E-state index contributed by atoms with van der Waals surface area (Å²) >= 11 is 0. The second kappa shape index (κ2) is 6.43. The molecule has 0 bridgehead atoms. The van der Waals surface area contributed by atoms with Gasteiger partial charge >= 0.3 is 11.8 Å². The number of likely N-dealkylation sites (N-methyl/N-ethyl adjacent to an activating group) is 1. The van der Waals surface area contributed by atoms with E-state index in [9.17, 15) is 14.7 Å². The van der Waals surface area contributed by atoms with E-state index < -0.39 is 11.8 Å². The molecule has 0 unspecified atom stereocenters. The van der Waals surface area contributed by atoms with Crippen molar-refractivity contribution in [1.82, 2.24) is 10.6 Å². The number of carbonyl (C=O) groups is 2. The minimum Gasteiger partial charge on any atom is -0.508 e. The van der Waals surface area contributed by atoms with E-state index in [1.165, 1.54) is 17.0 Å². The van der Waals surface area contributed by atoms with Crippen LogP contribution in [0, 0.1) is 0 Å². The van der Waals surface area contributed by atoms with Crippen molar-refractivity contribution >= 4 is 17.5 Å². The molecule has 3 N–H and O–H groups in total. The maximum atomic E-state index is 12.4. The maximum Gasteiger partial charge on any atom is 0.316 e. The Hall–Kier alpha value is -2.08. The molecule has 1 saturated heterocycles. The largest absolute Gasteiger partial charge is 0.508 e. The fourth-order valence-electron chi connectivity index (χ4n) is 3.62. The summed E-state index contributed by atoms with van der Waals surface area (Å²) in [5, 5.41) is 15.7. The number of hydrogen-bond acceptors (Lipinski definition) is 4. The van der Waals surface area contributed by atoms with Crippen molar-refractivity contribution in [3.05, 3.63) is 24.3 Å². The third kappa shape index (κ3) is 4.47. The highest BCUT2D eigenvalue weighted by atomic mass is 16.3. The second-order valence-corrected chi connectivity index (χ2v) is 7.85. The zero-order valence-electron chi connectivity index (χ0n) is 15.0. The number of phenolic OH excluding ortho intramolecular Hbond substituents is 1. The van der Waals surface area contributed by atoms with Gasteiger partial charge in [0.05, 0.1) is 0 Å². The Balaban J connectivity index is 2.03. The van der Waals surface area contributed by atoms with Crippen molar-refractivity contribution in [2.75, 3.05) is 11.9 Å². The molecule has 1 aromatic carbocycles. The fourth-order valence-corrected chi connectivity index (χ4v) is 3.62. The summed E-state index contributed by atoms with van der Waals surface area (Å²) in [6.07, 6.45) is 1.52. The molecule has 6 heteroatoms. The number of benzene rings is 1. The van der Waals surface area contributed by atoms with E-state index >= 15 is 0 Å². The molecule has 0 aliphatic carbocycles. The number of carbonyl (C=O) groups excluding carboxylic acids is 2. The van der Waals surface area contributed by atoms with Gasteiger partial charge in [-0.2, -0.15) is 0 Å². The van der Waals surface area contributed by atoms with Crippen molar-refractivity contribution in [2.45, 2.75) is 57.7 Å². The van der Waals surface area contributed by atoms with Gasteiger partial charge in [0.2, 0.25) is 0 Å². The predicted octanol–water partition coefficient (Wildman–Crippen LogP) is 1.78. The SMILES string of the molecule is CN(C(=O)C(=O)NC1CC(C)(C)NC(C)(C)C1)c1ccc(O)cc1. The molecule has 0 saturated carbocycles. The monoisotopic (exact) mass is 333 g/mol. The lowest BCUT2D eigenvalue weighted by atomic mass is 9.79. The molecule has 0 aromatic heterocycles. The van der Waals surface area contributed by atoms with E-state index in [4.69, 9.17) is 0 Å². The molecular weight excluding hydrogens is 306 g/mol. The fraction of sp³-hybridized carbons (Fsp3) is 0.556. The minimum absolute atomic E-state index is 0.0547. The average molecular weight is 333 g/mol. The van der Waals surface area contributed by atoms with Crippen LogP contribution in [0.15, 0.2) is 24.3 Å². The van der Waals surface area contributed by atoms with Crippen LogP contribution < -0.4 is 15.5 Å². The molecule has 0 atom stereocenters. The van der Waals surface area contributed by atoms with Crippen LogP contribution in [-0.2, 0) is 9.59 Å². The first kappa shape index (κ1) is 18.3. The zero-order valence-corrected chi connectivity index (χ0v) is 15.0. The van der Waals surface area contributed by atoms with Gasteiger partial charge in [0, 0.05) is 29.9 Å². The number of nitrogens with one attached hydrogen (secondary N) is 2. The summed E-state index contributed by atoms with van der Waals surface area (Å²) in [4.78, 5) is 26.0. The summed E-state index contributed by atoms with van der Waals surface area (Å²) in [5.74, 6) is -1.11.